The zero-order valence-electron chi connectivity index (χ0n) is 9.83. The number of hydrogen-bond donors (Lipinski definition) is 3. The lowest BCUT2D eigenvalue weighted by Crippen LogP contribution is -2.15. The number of primary amides is 1. The Bertz CT molecular complexity index is 626. The first-order valence-corrected chi connectivity index (χ1v) is 5.43. The fraction of sp³-hybridized carbons (Fsp3) is 0. The SMILES string of the molecule is NC(=O)c1ccc(O)c(NC(=O)c2ccccn2)c1. The molecule has 1 aromatic carbocycles. The van der Waals surface area contributed by atoms with E-state index < -0.39 is 11.8 Å². The van der Waals surface area contributed by atoms with Gasteiger partial charge in [0.1, 0.15) is 11.4 Å². The first kappa shape index (κ1) is 12.6. The van der Waals surface area contributed by atoms with Crippen molar-refractivity contribution >= 4 is 17.5 Å². The van der Waals surface area contributed by atoms with Gasteiger partial charge in [-0.2, -0.15) is 0 Å². The summed E-state index contributed by atoms with van der Waals surface area (Å²) in [6.07, 6.45) is 1.48. The summed E-state index contributed by atoms with van der Waals surface area (Å²) in [4.78, 5) is 26.8. The second-order valence-electron chi connectivity index (χ2n) is 3.77. The maximum Gasteiger partial charge on any atom is 0.274 e. The Kier molecular flexibility index (Phi) is 3.42. The maximum absolute atomic E-state index is 11.8. The van der Waals surface area contributed by atoms with Gasteiger partial charge >= 0.3 is 0 Å². The molecule has 6 nitrogen and oxygen atoms in total. The number of phenols is 1. The van der Waals surface area contributed by atoms with E-state index in [9.17, 15) is 14.7 Å². The van der Waals surface area contributed by atoms with Crippen LogP contribution < -0.4 is 11.1 Å². The number of amides is 2. The number of phenolic OH excluding ortho intramolecular Hbond substituents is 1. The third-order valence-corrected chi connectivity index (χ3v) is 2.43. The van der Waals surface area contributed by atoms with E-state index in [1.165, 1.54) is 30.5 Å². The molecule has 0 unspecified atom stereocenters. The van der Waals surface area contributed by atoms with Gasteiger partial charge in [-0.15, -0.1) is 0 Å². The van der Waals surface area contributed by atoms with Gasteiger partial charge in [0.25, 0.3) is 5.91 Å². The van der Waals surface area contributed by atoms with Crippen molar-refractivity contribution in [1.29, 1.82) is 0 Å². The van der Waals surface area contributed by atoms with E-state index in [1.807, 2.05) is 0 Å². The number of nitrogens with zero attached hydrogens (tertiary/aromatic N) is 1. The third kappa shape index (κ3) is 2.86. The summed E-state index contributed by atoms with van der Waals surface area (Å²) in [5.74, 6) is -1.29. The summed E-state index contributed by atoms with van der Waals surface area (Å²) in [5.41, 5.74) is 5.62. The smallest absolute Gasteiger partial charge is 0.274 e. The van der Waals surface area contributed by atoms with E-state index >= 15 is 0 Å². The number of pyridine rings is 1. The van der Waals surface area contributed by atoms with Gasteiger partial charge in [-0.1, -0.05) is 6.07 Å². The molecular weight excluding hydrogens is 246 g/mol. The van der Waals surface area contributed by atoms with Gasteiger partial charge in [0, 0.05) is 11.8 Å². The molecular formula is C13H11N3O3. The highest BCUT2D eigenvalue weighted by Gasteiger charge is 2.11. The van der Waals surface area contributed by atoms with Crippen molar-refractivity contribution in [2.24, 2.45) is 5.73 Å². The van der Waals surface area contributed by atoms with Crippen LogP contribution >= 0.6 is 0 Å². The van der Waals surface area contributed by atoms with Crippen LogP contribution in [0.15, 0.2) is 42.6 Å². The van der Waals surface area contributed by atoms with Crippen LogP contribution in [0.2, 0.25) is 0 Å². The number of hydrogen-bond acceptors (Lipinski definition) is 4. The fourth-order valence-electron chi connectivity index (χ4n) is 1.47. The molecule has 0 bridgehead atoms. The Balaban J connectivity index is 2.26. The first-order chi connectivity index (χ1) is 9.08. The molecule has 0 saturated carbocycles. The number of rotatable bonds is 3. The number of nitrogens with one attached hydrogen (secondary N) is 1. The molecule has 0 atom stereocenters. The molecule has 4 N–H and O–H groups in total. The fourth-order valence-corrected chi connectivity index (χ4v) is 1.47. The zero-order valence-corrected chi connectivity index (χ0v) is 9.83. The monoisotopic (exact) mass is 257 g/mol. The molecule has 1 heterocycles. The Morgan fingerprint density at radius 3 is 2.63 bits per heavy atom. The Hall–Kier alpha value is -2.89. The van der Waals surface area contributed by atoms with Crippen LogP contribution in [0.5, 0.6) is 5.75 Å². The van der Waals surface area contributed by atoms with Crippen LogP contribution in [0.1, 0.15) is 20.8 Å². The average molecular weight is 257 g/mol. The van der Waals surface area contributed by atoms with Gasteiger partial charge in [0.2, 0.25) is 5.91 Å². The largest absolute Gasteiger partial charge is 0.506 e. The second kappa shape index (κ2) is 5.18. The maximum atomic E-state index is 11.8. The summed E-state index contributed by atoms with van der Waals surface area (Å²) >= 11 is 0. The zero-order chi connectivity index (χ0) is 13.8. The molecule has 0 saturated heterocycles. The lowest BCUT2D eigenvalue weighted by atomic mass is 10.1. The summed E-state index contributed by atoms with van der Waals surface area (Å²) in [7, 11) is 0. The molecule has 1 aromatic heterocycles. The van der Waals surface area contributed by atoms with Gasteiger partial charge in [0.05, 0.1) is 5.69 Å². The minimum atomic E-state index is -0.645. The molecule has 2 amide bonds. The summed E-state index contributed by atoms with van der Waals surface area (Å²) in [6.45, 7) is 0. The number of aromatic nitrogens is 1. The molecule has 0 aliphatic rings. The summed E-state index contributed by atoms with van der Waals surface area (Å²) < 4.78 is 0. The van der Waals surface area contributed by atoms with Crippen molar-refractivity contribution in [1.82, 2.24) is 4.98 Å². The van der Waals surface area contributed by atoms with Crippen LogP contribution in [0.3, 0.4) is 0 Å². The van der Waals surface area contributed by atoms with E-state index in [2.05, 4.69) is 10.3 Å². The Morgan fingerprint density at radius 2 is 2.00 bits per heavy atom. The summed E-state index contributed by atoms with van der Waals surface area (Å²) in [5, 5.41) is 12.1. The predicted octanol–water partition coefficient (Wildman–Crippen LogP) is 1.14. The number of aromatic hydroxyl groups is 1. The summed E-state index contributed by atoms with van der Waals surface area (Å²) in [6, 6.07) is 8.84. The number of carbonyl (C=O) groups is 2. The van der Waals surface area contributed by atoms with Crippen molar-refractivity contribution in [3.05, 3.63) is 53.9 Å². The molecule has 6 heteroatoms. The minimum Gasteiger partial charge on any atom is -0.506 e. The van der Waals surface area contributed by atoms with Crippen LogP contribution in [0, 0.1) is 0 Å². The second-order valence-corrected chi connectivity index (χ2v) is 3.77. The number of carbonyl (C=O) groups excluding carboxylic acids is 2. The van der Waals surface area contributed by atoms with Crippen LogP contribution in [0.25, 0.3) is 0 Å². The van der Waals surface area contributed by atoms with Crippen molar-refractivity contribution in [2.45, 2.75) is 0 Å². The molecule has 2 rings (SSSR count). The number of benzene rings is 1. The van der Waals surface area contributed by atoms with E-state index in [0.29, 0.717) is 0 Å². The van der Waals surface area contributed by atoms with Gasteiger partial charge in [-0.3, -0.25) is 14.6 Å². The van der Waals surface area contributed by atoms with E-state index in [0.717, 1.165) is 0 Å². The third-order valence-electron chi connectivity index (χ3n) is 2.43. The number of anilines is 1. The lowest BCUT2D eigenvalue weighted by Gasteiger charge is -2.08. The quantitative estimate of drug-likeness (QED) is 0.717. The highest BCUT2D eigenvalue weighted by molar-refractivity contribution is 6.04. The molecule has 0 radical (unpaired) electrons. The lowest BCUT2D eigenvalue weighted by molar-refractivity contribution is 0.0995. The van der Waals surface area contributed by atoms with Crippen LogP contribution in [0.4, 0.5) is 5.69 Å². The van der Waals surface area contributed by atoms with Crippen LogP contribution in [-0.4, -0.2) is 21.9 Å². The van der Waals surface area contributed by atoms with Gasteiger partial charge in [0.15, 0.2) is 0 Å². The van der Waals surface area contributed by atoms with Crippen LogP contribution in [-0.2, 0) is 0 Å². The first-order valence-electron chi connectivity index (χ1n) is 5.43. The topological polar surface area (TPSA) is 105 Å². The Labute approximate surface area is 108 Å². The van der Waals surface area contributed by atoms with E-state index in [-0.39, 0.29) is 22.7 Å². The molecule has 19 heavy (non-hydrogen) atoms. The normalized spacial score (nSPS) is 9.89. The highest BCUT2D eigenvalue weighted by Crippen LogP contribution is 2.24. The van der Waals surface area contributed by atoms with Crippen molar-refractivity contribution < 1.29 is 14.7 Å². The molecule has 0 aliphatic heterocycles. The Morgan fingerprint density at radius 1 is 1.21 bits per heavy atom. The molecule has 0 fully saturated rings. The number of nitrogens with two attached hydrogens (primary N) is 1. The van der Waals surface area contributed by atoms with Crippen molar-refractivity contribution in [3.63, 3.8) is 0 Å². The average Bonchev–Trinajstić information content (AvgIpc) is 2.42. The molecule has 0 aliphatic carbocycles. The van der Waals surface area contributed by atoms with Crippen molar-refractivity contribution in [2.75, 3.05) is 5.32 Å². The van der Waals surface area contributed by atoms with E-state index in [1.54, 1.807) is 12.1 Å². The highest BCUT2D eigenvalue weighted by atomic mass is 16.3. The molecule has 96 valence electrons. The molecule has 0 spiro atoms. The standard InChI is InChI=1S/C13H11N3O3/c14-12(18)8-4-5-11(17)10(7-8)16-13(19)9-3-1-2-6-15-9/h1-7,17H,(H2,14,18)(H,16,19). The van der Waals surface area contributed by atoms with Gasteiger partial charge in [-0.25, -0.2) is 0 Å². The predicted molar refractivity (Wildman–Crippen MR) is 68.8 cm³/mol. The molecule has 2 aromatic rings. The van der Waals surface area contributed by atoms with Gasteiger partial charge < -0.3 is 16.2 Å². The van der Waals surface area contributed by atoms with Crippen molar-refractivity contribution in [3.8, 4) is 5.75 Å². The minimum absolute atomic E-state index is 0.104. The van der Waals surface area contributed by atoms with E-state index in [4.69, 9.17) is 5.73 Å². The van der Waals surface area contributed by atoms with Gasteiger partial charge in [-0.05, 0) is 30.3 Å².